The number of hydrogen-bond acceptors (Lipinski definition) is 4. The van der Waals surface area contributed by atoms with E-state index >= 15 is 0 Å². The van der Waals surface area contributed by atoms with Crippen LogP contribution in [0.1, 0.15) is 18.4 Å². The van der Waals surface area contributed by atoms with Gasteiger partial charge in [-0.25, -0.2) is 0 Å². The van der Waals surface area contributed by atoms with Crippen molar-refractivity contribution in [2.75, 3.05) is 18.5 Å². The molecular weight excluding hydrogens is 220 g/mol. The summed E-state index contributed by atoms with van der Waals surface area (Å²) in [6, 6.07) is 5.14. The lowest BCUT2D eigenvalue weighted by atomic mass is 10.1. The normalized spacial score (nSPS) is 19.9. The third kappa shape index (κ3) is 2.94. The molecule has 1 aromatic rings. The van der Waals surface area contributed by atoms with Gasteiger partial charge in [0.2, 0.25) is 0 Å². The number of nitro groups is 1. The average Bonchev–Trinajstić information content (AvgIpc) is 2.33. The number of benzene rings is 1. The molecule has 1 atom stereocenters. The Hall–Kier alpha value is -1.62. The van der Waals surface area contributed by atoms with Crippen molar-refractivity contribution in [2.45, 2.75) is 25.8 Å². The zero-order valence-electron chi connectivity index (χ0n) is 9.81. The van der Waals surface area contributed by atoms with Crippen molar-refractivity contribution < 1.29 is 9.66 Å². The summed E-state index contributed by atoms with van der Waals surface area (Å²) >= 11 is 0. The van der Waals surface area contributed by atoms with E-state index in [1.165, 1.54) is 6.07 Å². The SMILES string of the molecule is Cc1ccc([N+](=O)[O-])cc1NC1CCCOC1. The molecule has 1 heterocycles. The molecule has 0 bridgehead atoms. The van der Waals surface area contributed by atoms with Crippen molar-refractivity contribution in [3.63, 3.8) is 0 Å². The summed E-state index contributed by atoms with van der Waals surface area (Å²) in [5.74, 6) is 0. The summed E-state index contributed by atoms with van der Waals surface area (Å²) in [7, 11) is 0. The van der Waals surface area contributed by atoms with Gasteiger partial charge in [-0.3, -0.25) is 10.1 Å². The van der Waals surface area contributed by atoms with E-state index in [1.54, 1.807) is 12.1 Å². The molecular formula is C12H16N2O3. The molecule has 1 aromatic carbocycles. The summed E-state index contributed by atoms with van der Waals surface area (Å²) in [6.07, 6.45) is 2.08. The highest BCUT2D eigenvalue weighted by molar-refractivity contribution is 5.57. The van der Waals surface area contributed by atoms with Crippen LogP contribution in [0.3, 0.4) is 0 Å². The van der Waals surface area contributed by atoms with Gasteiger partial charge in [0.1, 0.15) is 0 Å². The second-order valence-electron chi connectivity index (χ2n) is 4.31. The van der Waals surface area contributed by atoms with Crippen LogP contribution in [0, 0.1) is 17.0 Å². The van der Waals surface area contributed by atoms with Gasteiger partial charge in [0, 0.05) is 30.5 Å². The van der Waals surface area contributed by atoms with Gasteiger partial charge in [0.05, 0.1) is 11.5 Å². The summed E-state index contributed by atoms with van der Waals surface area (Å²) in [5, 5.41) is 14.0. The van der Waals surface area contributed by atoms with Crippen molar-refractivity contribution in [2.24, 2.45) is 0 Å². The fraction of sp³-hybridized carbons (Fsp3) is 0.500. The summed E-state index contributed by atoms with van der Waals surface area (Å²) in [4.78, 5) is 10.3. The molecule has 0 aliphatic carbocycles. The number of non-ortho nitro benzene ring substituents is 1. The standard InChI is InChI=1S/C12H16N2O3/c1-9-4-5-11(14(15)16)7-12(9)13-10-3-2-6-17-8-10/h4-5,7,10,13H,2-3,6,8H2,1H3. The Bertz CT molecular complexity index is 414. The molecule has 5 nitrogen and oxygen atoms in total. The third-order valence-electron chi connectivity index (χ3n) is 2.95. The maximum absolute atomic E-state index is 10.7. The fourth-order valence-electron chi connectivity index (χ4n) is 1.95. The number of hydrogen-bond donors (Lipinski definition) is 1. The Kier molecular flexibility index (Phi) is 3.58. The van der Waals surface area contributed by atoms with E-state index in [4.69, 9.17) is 4.74 Å². The summed E-state index contributed by atoms with van der Waals surface area (Å²) < 4.78 is 5.38. The van der Waals surface area contributed by atoms with Crippen LogP contribution < -0.4 is 5.32 Å². The number of rotatable bonds is 3. The number of anilines is 1. The second-order valence-corrected chi connectivity index (χ2v) is 4.31. The number of ether oxygens (including phenoxy) is 1. The Morgan fingerprint density at radius 2 is 2.35 bits per heavy atom. The molecule has 5 heteroatoms. The maximum Gasteiger partial charge on any atom is 0.271 e. The molecule has 0 spiro atoms. The molecule has 92 valence electrons. The minimum absolute atomic E-state index is 0.120. The third-order valence-corrected chi connectivity index (χ3v) is 2.95. The lowest BCUT2D eigenvalue weighted by Crippen LogP contribution is -2.30. The predicted octanol–water partition coefficient (Wildman–Crippen LogP) is 2.49. The van der Waals surface area contributed by atoms with Gasteiger partial charge in [0.25, 0.3) is 5.69 Å². The first-order valence-corrected chi connectivity index (χ1v) is 5.76. The maximum atomic E-state index is 10.7. The topological polar surface area (TPSA) is 64.4 Å². The lowest BCUT2D eigenvalue weighted by Gasteiger charge is -2.24. The molecule has 1 fully saturated rings. The van der Waals surface area contributed by atoms with Crippen LogP contribution in [0.5, 0.6) is 0 Å². The van der Waals surface area contributed by atoms with E-state index in [2.05, 4.69) is 5.32 Å². The molecule has 2 rings (SSSR count). The van der Waals surface area contributed by atoms with Gasteiger partial charge in [0.15, 0.2) is 0 Å². The quantitative estimate of drug-likeness (QED) is 0.647. The second kappa shape index (κ2) is 5.14. The summed E-state index contributed by atoms with van der Waals surface area (Å²) in [5.41, 5.74) is 1.96. The van der Waals surface area contributed by atoms with Gasteiger partial charge in [-0.05, 0) is 25.3 Å². The molecule has 0 amide bonds. The Morgan fingerprint density at radius 3 is 3.00 bits per heavy atom. The van der Waals surface area contributed by atoms with E-state index in [1.807, 2.05) is 6.92 Å². The van der Waals surface area contributed by atoms with Gasteiger partial charge in [-0.15, -0.1) is 0 Å². The molecule has 17 heavy (non-hydrogen) atoms. The van der Waals surface area contributed by atoms with Gasteiger partial charge >= 0.3 is 0 Å². The van der Waals surface area contributed by atoms with Crippen LogP contribution >= 0.6 is 0 Å². The van der Waals surface area contributed by atoms with Crippen molar-refractivity contribution >= 4 is 11.4 Å². The first-order chi connectivity index (χ1) is 8.16. The van der Waals surface area contributed by atoms with Gasteiger partial charge < -0.3 is 10.1 Å². The Labute approximate surface area is 99.9 Å². The molecule has 1 aliphatic heterocycles. The van der Waals surface area contributed by atoms with Gasteiger partial charge in [-0.1, -0.05) is 6.07 Å². The smallest absolute Gasteiger partial charge is 0.271 e. The highest BCUT2D eigenvalue weighted by atomic mass is 16.6. The monoisotopic (exact) mass is 236 g/mol. The first kappa shape index (κ1) is 11.9. The number of aryl methyl sites for hydroxylation is 1. The molecule has 1 unspecified atom stereocenters. The number of nitro benzene ring substituents is 1. The Morgan fingerprint density at radius 1 is 1.53 bits per heavy atom. The zero-order chi connectivity index (χ0) is 12.3. The molecule has 0 radical (unpaired) electrons. The van der Waals surface area contributed by atoms with Crippen molar-refractivity contribution in [1.82, 2.24) is 0 Å². The summed E-state index contributed by atoms with van der Waals surface area (Å²) in [6.45, 7) is 3.42. The van der Waals surface area contributed by atoms with E-state index in [9.17, 15) is 10.1 Å². The molecule has 1 aliphatic rings. The fourth-order valence-corrected chi connectivity index (χ4v) is 1.95. The average molecular weight is 236 g/mol. The van der Waals surface area contributed by atoms with Crippen LogP contribution in [0.4, 0.5) is 11.4 Å². The van der Waals surface area contributed by atoms with Crippen LogP contribution in [-0.4, -0.2) is 24.2 Å². The van der Waals surface area contributed by atoms with E-state index in [0.29, 0.717) is 6.61 Å². The lowest BCUT2D eigenvalue weighted by molar-refractivity contribution is -0.384. The Balaban J connectivity index is 2.13. The minimum Gasteiger partial charge on any atom is -0.380 e. The molecule has 1 N–H and O–H groups in total. The number of nitrogens with zero attached hydrogens (tertiary/aromatic N) is 1. The largest absolute Gasteiger partial charge is 0.380 e. The van der Waals surface area contributed by atoms with Crippen LogP contribution in [-0.2, 0) is 4.74 Å². The predicted molar refractivity (Wildman–Crippen MR) is 65.3 cm³/mol. The van der Waals surface area contributed by atoms with Crippen LogP contribution in [0.25, 0.3) is 0 Å². The molecule has 0 saturated carbocycles. The van der Waals surface area contributed by atoms with Crippen molar-refractivity contribution in [3.8, 4) is 0 Å². The van der Waals surface area contributed by atoms with Crippen LogP contribution in [0.2, 0.25) is 0 Å². The van der Waals surface area contributed by atoms with Crippen LogP contribution in [0.15, 0.2) is 18.2 Å². The van der Waals surface area contributed by atoms with E-state index in [0.717, 1.165) is 30.7 Å². The van der Waals surface area contributed by atoms with Gasteiger partial charge in [-0.2, -0.15) is 0 Å². The molecule has 1 saturated heterocycles. The minimum atomic E-state index is -0.373. The number of nitrogens with one attached hydrogen (secondary N) is 1. The van der Waals surface area contributed by atoms with E-state index < -0.39 is 0 Å². The highest BCUT2D eigenvalue weighted by Gasteiger charge is 2.16. The first-order valence-electron chi connectivity index (χ1n) is 5.76. The molecule has 0 aromatic heterocycles. The van der Waals surface area contributed by atoms with Crippen molar-refractivity contribution in [3.05, 3.63) is 33.9 Å². The van der Waals surface area contributed by atoms with E-state index in [-0.39, 0.29) is 16.7 Å². The van der Waals surface area contributed by atoms with Crippen molar-refractivity contribution in [1.29, 1.82) is 0 Å². The highest BCUT2D eigenvalue weighted by Crippen LogP contribution is 2.23. The zero-order valence-corrected chi connectivity index (χ0v) is 9.81.